The van der Waals surface area contributed by atoms with Crippen molar-refractivity contribution < 1.29 is 28.3 Å². The summed E-state index contributed by atoms with van der Waals surface area (Å²) in [6, 6.07) is 22.3. The van der Waals surface area contributed by atoms with Crippen molar-refractivity contribution >= 4 is 58.5 Å². The number of likely N-dealkylation sites (tertiary alicyclic amines) is 1. The summed E-state index contributed by atoms with van der Waals surface area (Å²) in [5.41, 5.74) is -2.96. The van der Waals surface area contributed by atoms with E-state index < -0.39 is 56.7 Å². The summed E-state index contributed by atoms with van der Waals surface area (Å²) in [4.78, 5) is 57.5. The Labute approximate surface area is 257 Å². The van der Waals surface area contributed by atoms with Gasteiger partial charge in [0.1, 0.15) is 5.82 Å². The summed E-state index contributed by atoms with van der Waals surface area (Å²) in [6.45, 7) is 2.39. The Balaban J connectivity index is 1.88. The number of rotatable bonds is 8. The second kappa shape index (κ2) is 12.4. The molecule has 3 aromatic carbocycles. The van der Waals surface area contributed by atoms with Gasteiger partial charge in [-0.15, -0.1) is 0 Å². The molecule has 2 unspecified atom stereocenters. The molecule has 0 bridgehead atoms. The van der Waals surface area contributed by atoms with E-state index in [9.17, 15) is 23.6 Å². The van der Waals surface area contributed by atoms with Gasteiger partial charge in [-0.2, -0.15) is 0 Å². The summed E-state index contributed by atoms with van der Waals surface area (Å²) in [5, 5.41) is 2.68. The van der Waals surface area contributed by atoms with Gasteiger partial charge in [0.15, 0.2) is 5.60 Å². The van der Waals surface area contributed by atoms with E-state index in [1.54, 1.807) is 60.7 Å². The van der Waals surface area contributed by atoms with Gasteiger partial charge in [0, 0.05) is 18.9 Å². The van der Waals surface area contributed by atoms with Crippen LogP contribution in [0.5, 0.6) is 0 Å². The van der Waals surface area contributed by atoms with Gasteiger partial charge < -0.3 is 10.1 Å². The maximum Gasteiger partial charge on any atom is 0.332 e. The van der Waals surface area contributed by atoms with Crippen LogP contribution in [0.1, 0.15) is 42.9 Å². The summed E-state index contributed by atoms with van der Waals surface area (Å²) >= 11 is 18.3. The number of esters is 1. The number of halogens is 4. The fraction of sp³-hybridized carbons (Fsp3) is 0.290. The van der Waals surface area contributed by atoms with Crippen molar-refractivity contribution in [3.05, 3.63) is 107 Å². The Morgan fingerprint density at radius 2 is 1.48 bits per heavy atom. The molecule has 4 rings (SSSR count). The van der Waals surface area contributed by atoms with E-state index in [1.165, 1.54) is 26.0 Å². The molecule has 220 valence electrons. The zero-order valence-electron chi connectivity index (χ0n) is 22.8. The fourth-order valence-corrected chi connectivity index (χ4v) is 4.88. The van der Waals surface area contributed by atoms with Gasteiger partial charge in [-0.25, -0.2) is 4.39 Å². The van der Waals surface area contributed by atoms with Crippen molar-refractivity contribution in [3.63, 3.8) is 0 Å². The van der Waals surface area contributed by atoms with Crippen LogP contribution in [0.15, 0.2) is 84.9 Å². The summed E-state index contributed by atoms with van der Waals surface area (Å²) in [7, 11) is 0. The third-order valence-electron chi connectivity index (χ3n) is 7.25. The van der Waals surface area contributed by atoms with Crippen LogP contribution in [-0.2, 0) is 37.0 Å². The lowest BCUT2D eigenvalue weighted by molar-refractivity contribution is -0.184. The van der Waals surface area contributed by atoms with Crippen LogP contribution < -0.4 is 5.32 Å². The summed E-state index contributed by atoms with van der Waals surface area (Å²) in [5.74, 6) is -6.00. The molecule has 1 N–H and O–H groups in total. The van der Waals surface area contributed by atoms with Crippen LogP contribution in [-0.4, -0.2) is 38.0 Å². The molecule has 3 amide bonds. The SMILES string of the molecule is CC(C)(OC(=O)C1(C(=O)NCc2ccccc2)C(=O)N(Cc2ccccc2)C(=O)CC1c1ccc(F)cc1)C(Cl)(Cl)Cl. The van der Waals surface area contributed by atoms with Crippen molar-refractivity contribution in [2.24, 2.45) is 5.41 Å². The molecule has 2 atom stereocenters. The van der Waals surface area contributed by atoms with E-state index in [0.717, 1.165) is 17.0 Å². The minimum Gasteiger partial charge on any atom is -0.454 e. The number of ether oxygens (including phenoxy) is 1. The van der Waals surface area contributed by atoms with Crippen LogP contribution in [0.4, 0.5) is 4.39 Å². The van der Waals surface area contributed by atoms with Gasteiger partial charge in [-0.3, -0.25) is 24.1 Å². The highest BCUT2D eigenvalue weighted by Gasteiger charge is 2.66. The quantitative estimate of drug-likeness (QED) is 0.145. The molecule has 1 aliphatic rings. The number of alkyl halides is 3. The number of carbonyl (C=O) groups is 4. The average Bonchev–Trinajstić information content (AvgIpc) is 2.94. The van der Waals surface area contributed by atoms with E-state index in [1.807, 2.05) is 0 Å². The average molecular weight is 634 g/mol. The fourth-order valence-electron chi connectivity index (χ4n) is 4.77. The monoisotopic (exact) mass is 632 g/mol. The zero-order valence-corrected chi connectivity index (χ0v) is 25.0. The molecule has 42 heavy (non-hydrogen) atoms. The predicted molar refractivity (Wildman–Crippen MR) is 157 cm³/mol. The molecule has 0 radical (unpaired) electrons. The highest BCUT2D eigenvalue weighted by molar-refractivity contribution is 6.68. The zero-order chi connectivity index (χ0) is 30.7. The lowest BCUT2D eigenvalue weighted by atomic mass is 9.65. The number of amides is 3. The third-order valence-corrected chi connectivity index (χ3v) is 8.61. The number of nitrogens with zero attached hydrogens (tertiary/aromatic N) is 1. The predicted octanol–water partition coefficient (Wildman–Crippen LogP) is 5.86. The first-order valence-corrected chi connectivity index (χ1v) is 14.2. The van der Waals surface area contributed by atoms with Gasteiger partial charge in [0.05, 0.1) is 6.54 Å². The topological polar surface area (TPSA) is 92.8 Å². The third kappa shape index (κ3) is 6.31. The first kappa shape index (κ1) is 31.5. The van der Waals surface area contributed by atoms with Crippen LogP contribution in [0.2, 0.25) is 0 Å². The Kier molecular flexibility index (Phi) is 9.30. The van der Waals surface area contributed by atoms with Crippen molar-refractivity contribution in [3.8, 4) is 0 Å². The molecule has 11 heteroatoms. The minimum absolute atomic E-state index is 0.0431. The molecule has 3 aromatic rings. The Morgan fingerprint density at radius 1 is 0.929 bits per heavy atom. The van der Waals surface area contributed by atoms with E-state index in [2.05, 4.69) is 5.32 Å². The smallest absolute Gasteiger partial charge is 0.332 e. The van der Waals surface area contributed by atoms with Crippen molar-refractivity contribution in [1.82, 2.24) is 10.2 Å². The number of carbonyl (C=O) groups excluding carboxylic acids is 4. The molecule has 0 saturated carbocycles. The number of nitrogens with one attached hydrogen (secondary N) is 1. The molecule has 1 saturated heterocycles. The van der Waals surface area contributed by atoms with E-state index in [0.29, 0.717) is 11.1 Å². The van der Waals surface area contributed by atoms with Crippen LogP contribution >= 0.6 is 34.8 Å². The van der Waals surface area contributed by atoms with Crippen LogP contribution in [0.3, 0.4) is 0 Å². The van der Waals surface area contributed by atoms with Crippen LogP contribution in [0.25, 0.3) is 0 Å². The summed E-state index contributed by atoms with van der Waals surface area (Å²) < 4.78 is 17.5. The molecule has 0 aromatic heterocycles. The number of hydrogen-bond donors (Lipinski definition) is 1. The highest BCUT2D eigenvalue weighted by atomic mass is 35.6. The molecule has 7 nitrogen and oxygen atoms in total. The second-order valence-corrected chi connectivity index (χ2v) is 12.7. The Bertz CT molecular complexity index is 1460. The Morgan fingerprint density at radius 3 is 2.02 bits per heavy atom. The second-order valence-electron chi connectivity index (χ2n) is 10.5. The minimum atomic E-state index is -2.64. The van der Waals surface area contributed by atoms with Gasteiger partial charge >= 0.3 is 5.97 Å². The molecule has 0 spiro atoms. The lowest BCUT2D eigenvalue weighted by Crippen LogP contribution is -2.65. The number of piperidine rings is 1. The number of imide groups is 1. The maximum atomic E-state index is 14.5. The van der Waals surface area contributed by atoms with Gasteiger partial charge in [-0.1, -0.05) is 108 Å². The Hall–Kier alpha value is -3.46. The highest BCUT2D eigenvalue weighted by Crippen LogP contribution is 2.49. The van der Waals surface area contributed by atoms with Crippen LogP contribution in [0, 0.1) is 11.2 Å². The molecular formula is C31H28Cl3FN2O5. The largest absolute Gasteiger partial charge is 0.454 e. The molecule has 1 heterocycles. The summed E-state index contributed by atoms with van der Waals surface area (Å²) in [6.07, 6.45) is -0.438. The van der Waals surface area contributed by atoms with Crippen molar-refractivity contribution in [2.45, 2.75) is 48.7 Å². The molecule has 0 aliphatic carbocycles. The maximum absolute atomic E-state index is 14.5. The van der Waals surface area contributed by atoms with Gasteiger partial charge in [0.2, 0.25) is 21.0 Å². The van der Waals surface area contributed by atoms with Crippen molar-refractivity contribution in [2.75, 3.05) is 0 Å². The molecule has 1 fully saturated rings. The van der Waals surface area contributed by atoms with Crippen molar-refractivity contribution in [1.29, 1.82) is 0 Å². The lowest BCUT2D eigenvalue weighted by Gasteiger charge is -2.45. The van der Waals surface area contributed by atoms with E-state index in [-0.39, 0.29) is 18.7 Å². The molecule has 1 aliphatic heterocycles. The van der Waals surface area contributed by atoms with E-state index >= 15 is 0 Å². The molecular weight excluding hydrogens is 606 g/mol. The number of hydrogen-bond acceptors (Lipinski definition) is 5. The van der Waals surface area contributed by atoms with Gasteiger partial charge in [0.25, 0.3) is 5.91 Å². The first-order valence-electron chi connectivity index (χ1n) is 13.0. The van der Waals surface area contributed by atoms with E-state index in [4.69, 9.17) is 39.5 Å². The number of benzene rings is 3. The van der Waals surface area contributed by atoms with Gasteiger partial charge in [-0.05, 0) is 42.7 Å². The first-order chi connectivity index (χ1) is 19.8. The standard InChI is InChI=1S/C31H28Cl3FN2O5/c1-29(2,31(32,33)34)42-28(41)30(26(39)36-18-20-9-5-3-6-10-20)24(22-13-15-23(35)16-14-22)17-25(38)37(27(30)40)19-21-11-7-4-8-12-21/h3-16,24H,17-19H2,1-2H3,(H,36,39). The normalized spacial score (nSPS) is 19.4.